The molecular weight excluding hydrogens is 452 g/mol. The lowest BCUT2D eigenvalue weighted by atomic mass is 9.92. The monoisotopic (exact) mass is 490 g/mol. The van der Waals surface area contributed by atoms with Crippen LogP contribution in [0.1, 0.15) is 49.8 Å². The highest BCUT2D eigenvalue weighted by molar-refractivity contribution is 5.79. The lowest BCUT2D eigenvalue weighted by Crippen LogP contribution is -2.44. The summed E-state index contributed by atoms with van der Waals surface area (Å²) in [5.74, 6) is 1.02. The van der Waals surface area contributed by atoms with Crippen molar-refractivity contribution in [2.75, 3.05) is 45.1 Å². The number of likely N-dealkylation sites (tertiary alicyclic amines) is 2. The number of anilines is 1. The number of piperidine rings is 2. The van der Waals surface area contributed by atoms with Gasteiger partial charge in [-0.15, -0.1) is 0 Å². The van der Waals surface area contributed by atoms with Gasteiger partial charge in [0.05, 0.1) is 11.4 Å². The molecule has 2 aromatic heterocycles. The van der Waals surface area contributed by atoms with E-state index in [0.717, 1.165) is 90.2 Å². The van der Waals surface area contributed by atoms with Crippen LogP contribution >= 0.6 is 0 Å². The third-order valence-electron chi connectivity index (χ3n) is 7.71. The van der Waals surface area contributed by atoms with Crippen molar-refractivity contribution in [3.05, 3.63) is 59.6 Å². The van der Waals surface area contributed by atoms with Crippen molar-refractivity contribution < 1.29 is 9.53 Å². The van der Waals surface area contributed by atoms with Gasteiger partial charge >= 0.3 is 0 Å². The molecule has 3 saturated heterocycles. The summed E-state index contributed by atoms with van der Waals surface area (Å²) in [5, 5.41) is 3.79. The van der Waals surface area contributed by atoms with Gasteiger partial charge in [0.15, 0.2) is 0 Å². The second-order valence-electron chi connectivity index (χ2n) is 10.2. The van der Waals surface area contributed by atoms with E-state index < -0.39 is 0 Å². The van der Waals surface area contributed by atoms with E-state index in [0.29, 0.717) is 17.8 Å². The number of hydrogen-bond acceptors (Lipinski definition) is 7. The second kappa shape index (κ2) is 11.8. The maximum atomic E-state index is 13.4. The Morgan fingerprint density at radius 2 is 1.78 bits per heavy atom. The Morgan fingerprint density at radius 3 is 2.47 bits per heavy atom. The number of nitrogens with one attached hydrogen (secondary N) is 1. The maximum absolute atomic E-state index is 13.4. The molecule has 3 N–H and O–H groups in total. The normalized spacial score (nSPS) is 20.3. The van der Waals surface area contributed by atoms with Crippen molar-refractivity contribution in [2.24, 2.45) is 5.92 Å². The third kappa shape index (κ3) is 6.23. The van der Waals surface area contributed by atoms with Gasteiger partial charge in [-0.3, -0.25) is 14.7 Å². The maximum Gasteiger partial charge on any atom is 0.225 e. The van der Waals surface area contributed by atoms with Crippen LogP contribution in [0.3, 0.4) is 0 Å². The summed E-state index contributed by atoms with van der Waals surface area (Å²) >= 11 is 0. The number of hydrogen-bond donors (Lipinski definition) is 2. The number of ether oxygens (including phenoxy) is 1. The zero-order valence-corrected chi connectivity index (χ0v) is 21.1. The van der Waals surface area contributed by atoms with E-state index in [2.05, 4.69) is 31.2 Å². The molecule has 0 spiro atoms. The van der Waals surface area contributed by atoms with Gasteiger partial charge in [0.2, 0.25) is 5.91 Å². The quantitative estimate of drug-likeness (QED) is 0.642. The number of pyridine rings is 2. The molecule has 0 aromatic carbocycles. The fraction of sp³-hybridized carbons (Fsp3) is 0.536. The predicted octanol–water partition coefficient (Wildman–Crippen LogP) is 3.07. The molecule has 2 aromatic rings. The summed E-state index contributed by atoms with van der Waals surface area (Å²) in [6.07, 6.45) is 9.29. The van der Waals surface area contributed by atoms with Crippen molar-refractivity contribution >= 4 is 17.4 Å². The first kappa shape index (κ1) is 24.7. The standard InChI is InChI=1S/C28H38N6O2/c29-26-19-21(4-12-31-26)20-33-13-5-23(6-14-33)28(35)34-15-7-22(8-16-34)27(25-3-1-2-11-30-25)32-24-9-17-36-18-10-24/h1-4,11-12,19,23-24,32H,5-10,13-18,20H2,(H2,29,31). The fourth-order valence-electron chi connectivity index (χ4n) is 5.61. The van der Waals surface area contributed by atoms with Gasteiger partial charge in [-0.05, 0) is 87.0 Å². The van der Waals surface area contributed by atoms with Gasteiger partial charge < -0.3 is 20.7 Å². The Morgan fingerprint density at radius 1 is 1.00 bits per heavy atom. The number of amides is 1. The van der Waals surface area contributed by atoms with Gasteiger partial charge in [0, 0.05) is 57.2 Å². The molecule has 5 heterocycles. The summed E-state index contributed by atoms with van der Waals surface area (Å²) in [4.78, 5) is 26.6. The van der Waals surface area contributed by atoms with Crippen LogP contribution in [0.15, 0.2) is 48.3 Å². The number of nitrogen functional groups attached to an aromatic ring is 1. The van der Waals surface area contributed by atoms with Crippen LogP contribution in [-0.2, 0) is 16.1 Å². The Labute approximate surface area is 213 Å². The van der Waals surface area contributed by atoms with Crippen LogP contribution in [0.4, 0.5) is 5.82 Å². The molecule has 3 aliphatic rings. The minimum absolute atomic E-state index is 0.130. The van der Waals surface area contributed by atoms with E-state index in [4.69, 9.17) is 10.5 Å². The lowest BCUT2D eigenvalue weighted by Gasteiger charge is -2.37. The van der Waals surface area contributed by atoms with Gasteiger partial charge in [0.25, 0.3) is 0 Å². The second-order valence-corrected chi connectivity index (χ2v) is 10.2. The van der Waals surface area contributed by atoms with E-state index in [9.17, 15) is 4.79 Å². The topological polar surface area (TPSA) is 96.6 Å². The number of nitrogens with two attached hydrogens (primary N) is 1. The fourth-order valence-corrected chi connectivity index (χ4v) is 5.61. The van der Waals surface area contributed by atoms with Gasteiger partial charge in [0.1, 0.15) is 5.82 Å². The number of carbonyl (C=O) groups is 1. The molecule has 0 saturated carbocycles. The van der Waals surface area contributed by atoms with Crippen LogP contribution in [0.2, 0.25) is 0 Å². The molecule has 3 aliphatic heterocycles. The summed E-state index contributed by atoms with van der Waals surface area (Å²) in [5.41, 5.74) is 10.6. The number of rotatable bonds is 6. The van der Waals surface area contributed by atoms with Gasteiger partial charge in [-0.1, -0.05) is 6.07 Å². The Bertz CT molecular complexity index is 1040. The molecule has 0 radical (unpaired) electrons. The number of nitrogens with zero attached hydrogens (tertiary/aromatic N) is 4. The third-order valence-corrected chi connectivity index (χ3v) is 7.71. The van der Waals surface area contributed by atoms with E-state index >= 15 is 0 Å². The van der Waals surface area contributed by atoms with Crippen LogP contribution < -0.4 is 11.1 Å². The van der Waals surface area contributed by atoms with Gasteiger partial charge in [-0.2, -0.15) is 0 Å². The molecule has 0 atom stereocenters. The van der Waals surface area contributed by atoms with E-state index in [1.165, 1.54) is 16.8 Å². The zero-order chi connectivity index (χ0) is 24.7. The summed E-state index contributed by atoms with van der Waals surface area (Å²) in [6, 6.07) is 10.5. The number of carbonyl (C=O) groups excluding carboxylic acids is 1. The van der Waals surface area contributed by atoms with Crippen molar-refractivity contribution in [1.29, 1.82) is 0 Å². The largest absolute Gasteiger partial charge is 0.384 e. The van der Waals surface area contributed by atoms with Crippen molar-refractivity contribution in [3.63, 3.8) is 0 Å². The van der Waals surface area contributed by atoms with E-state index in [1.807, 2.05) is 30.5 Å². The average molecular weight is 491 g/mol. The molecule has 1 amide bonds. The van der Waals surface area contributed by atoms with Crippen molar-refractivity contribution in [3.8, 4) is 0 Å². The van der Waals surface area contributed by atoms with Crippen molar-refractivity contribution in [1.82, 2.24) is 25.1 Å². The molecule has 0 aliphatic carbocycles. The summed E-state index contributed by atoms with van der Waals surface area (Å²) < 4.78 is 5.55. The minimum atomic E-state index is 0.130. The Balaban J connectivity index is 1.16. The minimum Gasteiger partial charge on any atom is -0.384 e. The Hall–Kier alpha value is -2.97. The zero-order valence-electron chi connectivity index (χ0n) is 21.1. The molecule has 192 valence electrons. The molecule has 36 heavy (non-hydrogen) atoms. The first-order chi connectivity index (χ1) is 17.7. The van der Waals surface area contributed by atoms with Gasteiger partial charge in [-0.25, -0.2) is 4.98 Å². The van der Waals surface area contributed by atoms with Crippen LogP contribution in [0, 0.1) is 5.92 Å². The smallest absolute Gasteiger partial charge is 0.225 e. The SMILES string of the molecule is Nc1cc(CN2CCC(C(=O)N3CCC(=C(NC4CCOCC4)c4ccccn4)CC3)CC2)ccn1. The van der Waals surface area contributed by atoms with Crippen LogP contribution in [-0.4, -0.2) is 71.1 Å². The number of aromatic nitrogens is 2. The first-order valence-corrected chi connectivity index (χ1v) is 13.3. The first-order valence-electron chi connectivity index (χ1n) is 13.3. The summed E-state index contributed by atoms with van der Waals surface area (Å²) in [6.45, 7) is 5.93. The molecular formula is C28H38N6O2. The highest BCUT2D eigenvalue weighted by Crippen LogP contribution is 2.28. The summed E-state index contributed by atoms with van der Waals surface area (Å²) in [7, 11) is 0. The lowest BCUT2D eigenvalue weighted by molar-refractivity contribution is -0.137. The molecule has 0 bridgehead atoms. The molecule has 3 fully saturated rings. The van der Waals surface area contributed by atoms with E-state index in [-0.39, 0.29) is 5.92 Å². The Kier molecular flexibility index (Phi) is 8.13. The molecule has 5 rings (SSSR count). The molecule has 8 nitrogen and oxygen atoms in total. The van der Waals surface area contributed by atoms with Crippen LogP contribution in [0.5, 0.6) is 0 Å². The highest BCUT2D eigenvalue weighted by Gasteiger charge is 2.31. The highest BCUT2D eigenvalue weighted by atomic mass is 16.5. The molecule has 0 unspecified atom stereocenters. The predicted molar refractivity (Wildman–Crippen MR) is 141 cm³/mol. The average Bonchev–Trinajstić information content (AvgIpc) is 2.93. The van der Waals surface area contributed by atoms with Crippen LogP contribution in [0.25, 0.3) is 5.70 Å². The van der Waals surface area contributed by atoms with Crippen molar-refractivity contribution in [2.45, 2.75) is 51.1 Å². The molecule has 8 heteroatoms. The van der Waals surface area contributed by atoms with E-state index in [1.54, 1.807) is 6.20 Å².